The van der Waals surface area contributed by atoms with Gasteiger partial charge >= 0.3 is 0 Å². The van der Waals surface area contributed by atoms with Gasteiger partial charge in [-0.25, -0.2) is 4.39 Å². The maximum atomic E-state index is 13.9. The number of H-pyrrole nitrogens is 1. The van der Waals surface area contributed by atoms with E-state index in [2.05, 4.69) is 20.5 Å². The lowest BCUT2D eigenvalue weighted by Gasteiger charge is -2.06. The second-order valence-corrected chi connectivity index (χ2v) is 6.65. The summed E-state index contributed by atoms with van der Waals surface area (Å²) in [5.74, 6) is 0.123. The van der Waals surface area contributed by atoms with Crippen LogP contribution in [0.3, 0.4) is 0 Å². The van der Waals surface area contributed by atoms with Gasteiger partial charge in [0.25, 0.3) is 5.22 Å². The number of amides is 1. The minimum absolute atomic E-state index is 0.157. The number of aryl methyl sites for hydroxylation is 3. The molecule has 0 aliphatic carbocycles. The van der Waals surface area contributed by atoms with Gasteiger partial charge in [0.15, 0.2) is 0 Å². The standard InChI is InChI=1S/C17H19FN4O2S/c1-4-14-9(2)13-6-12(18)5-11(16(13)20-14)7-19-15(23)8-25-17-22-21-10(3)24-17/h5-6,20H,4,7-8H2,1-3H3,(H,19,23). The van der Waals surface area contributed by atoms with Crippen molar-refractivity contribution in [3.05, 3.63) is 40.7 Å². The summed E-state index contributed by atoms with van der Waals surface area (Å²) in [5.41, 5.74) is 3.73. The molecule has 1 amide bonds. The largest absolute Gasteiger partial charge is 0.416 e. The summed E-state index contributed by atoms with van der Waals surface area (Å²) >= 11 is 1.17. The van der Waals surface area contributed by atoms with Crippen molar-refractivity contribution >= 4 is 28.6 Å². The zero-order chi connectivity index (χ0) is 18.0. The van der Waals surface area contributed by atoms with Crippen LogP contribution in [-0.2, 0) is 17.8 Å². The number of fused-ring (bicyclic) bond motifs is 1. The number of carbonyl (C=O) groups excluding carboxylic acids is 1. The molecule has 25 heavy (non-hydrogen) atoms. The molecule has 132 valence electrons. The van der Waals surface area contributed by atoms with Crippen molar-refractivity contribution in [1.29, 1.82) is 0 Å². The van der Waals surface area contributed by atoms with Crippen molar-refractivity contribution < 1.29 is 13.6 Å². The van der Waals surface area contributed by atoms with E-state index >= 15 is 0 Å². The topological polar surface area (TPSA) is 83.8 Å². The van der Waals surface area contributed by atoms with Crippen molar-refractivity contribution in [2.75, 3.05) is 5.75 Å². The predicted molar refractivity (Wildman–Crippen MR) is 94.0 cm³/mol. The molecule has 0 bridgehead atoms. The number of hydrogen-bond donors (Lipinski definition) is 2. The Labute approximate surface area is 148 Å². The van der Waals surface area contributed by atoms with Crippen LogP contribution >= 0.6 is 11.8 Å². The van der Waals surface area contributed by atoms with Crippen molar-refractivity contribution in [2.24, 2.45) is 0 Å². The van der Waals surface area contributed by atoms with E-state index in [0.29, 0.717) is 11.1 Å². The van der Waals surface area contributed by atoms with Gasteiger partial charge in [0.05, 0.1) is 11.3 Å². The number of aromatic amines is 1. The van der Waals surface area contributed by atoms with E-state index < -0.39 is 0 Å². The molecule has 0 saturated heterocycles. The number of halogens is 1. The lowest BCUT2D eigenvalue weighted by Crippen LogP contribution is -2.24. The first kappa shape index (κ1) is 17.5. The highest BCUT2D eigenvalue weighted by Crippen LogP contribution is 2.26. The third-order valence-corrected chi connectivity index (χ3v) is 4.80. The predicted octanol–water partition coefficient (Wildman–Crippen LogP) is 3.28. The summed E-state index contributed by atoms with van der Waals surface area (Å²) in [6, 6.07) is 2.98. The van der Waals surface area contributed by atoms with Gasteiger partial charge in [-0.1, -0.05) is 18.7 Å². The maximum Gasteiger partial charge on any atom is 0.277 e. The number of nitrogens with one attached hydrogen (secondary N) is 2. The molecule has 0 unspecified atom stereocenters. The lowest BCUT2D eigenvalue weighted by molar-refractivity contribution is -0.118. The van der Waals surface area contributed by atoms with Gasteiger partial charge in [0, 0.05) is 24.5 Å². The van der Waals surface area contributed by atoms with Gasteiger partial charge in [-0.2, -0.15) is 0 Å². The monoisotopic (exact) mass is 362 g/mol. The second-order valence-electron chi connectivity index (χ2n) is 5.72. The van der Waals surface area contributed by atoms with Gasteiger partial charge in [-0.3, -0.25) is 4.79 Å². The molecule has 2 aromatic heterocycles. The summed E-state index contributed by atoms with van der Waals surface area (Å²) in [6.45, 7) is 5.96. The van der Waals surface area contributed by atoms with Crippen molar-refractivity contribution in [3.8, 4) is 0 Å². The van der Waals surface area contributed by atoms with Crippen molar-refractivity contribution in [2.45, 2.75) is 39.0 Å². The Morgan fingerprint density at radius 2 is 2.16 bits per heavy atom. The molecule has 2 N–H and O–H groups in total. The van der Waals surface area contributed by atoms with E-state index in [1.54, 1.807) is 6.92 Å². The van der Waals surface area contributed by atoms with Gasteiger partial charge < -0.3 is 14.7 Å². The Balaban J connectivity index is 1.69. The molecule has 0 aliphatic heterocycles. The van der Waals surface area contributed by atoms with Crippen LogP contribution in [0.1, 0.15) is 29.6 Å². The third-order valence-electron chi connectivity index (χ3n) is 3.98. The first-order valence-electron chi connectivity index (χ1n) is 7.97. The average Bonchev–Trinajstić information content (AvgIpc) is 3.14. The summed E-state index contributed by atoms with van der Waals surface area (Å²) in [4.78, 5) is 15.4. The quantitative estimate of drug-likeness (QED) is 0.658. The number of thioether (sulfide) groups is 1. The van der Waals surface area contributed by atoms with Crippen LogP contribution in [0.25, 0.3) is 10.9 Å². The van der Waals surface area contributed by atoms with Gasteiger partial charge in [0.2, 0.25) is 11.8 Å². The Kier molecular flexibility index (Phi) is 5.08. The SMILES string of the molecule is CCc1[nH]c2c(CNC(=O)CSc3nnc(C)o3)cc(F)cc2c1C. The number of nitrogens with zero attached hydrogens (tertiary/aromatic N) is 2. The molecular formula is C17H19FN4O2S. The highest BCUT2D eigenvalue weighted by atomic mass is 32.2. The average molecular weight is 362 g/mol. The van der Waals surface area contributed by atoms with Crippen LogP contribution in [0.4, 0.5) is 4.39 Å². The number of aromatic nitrogens is 3. The molecule has 2 heterocycles. The number of benzene rings is 1. The molecule has 3 aromatic rings. The number of carbonyl (C=O) groups is 1. The Morgan fingerprint density at radius 1 is 1.36 bits per heavy atom. The molecule has 1 aromatic carbocycles. The van der Waals surface area contributed by atoms with Crippen molar-refractivity contribution in [1.82, 2.24) is 20.5 Å². The molecule has 0 aliphatic rings. The Bertz CT molecular complexity index is 919. The molecule has 0 spiro atoms. The molecule has 0 radical (unpaired) electrons. The van der Waals surface area contributed by atoms with Crippen LogP contribution in [0, 0.1) is 19.7 Å². The fourth-order valence-electron chi connectivity index (χ4n) is 2.72. The van der Waals surface area contributed by atoms with Crippen LogP contribution in [-0.4, -0.2) is 26.8 Å². The first-order chi connectivity index (χ1) is 12.0. The van der Waals surface area contributed by atoms with Gasteiger partial charge in [-0.05, 0) is 36.6 Å². The fourth-order valence-corrected chi connectivity index (χ4v) is 3.35. The smallest absolute Gasteiger partial charge is 0.277 e. The molecule has 0 saturated carbocycles. The van der Waals surface area contributed by atoms with E-state index in [1.807, 2.05) is 13.8 Å². The van der Waals surface area contributed by atoms with Crippen LogP contribution in [0.2, 0.25) is 0 Å². The molecular weight excluding hydrogens is 343 g/mol. The third kappa shape index (κ3) is 3.84. The molecule has 0 fully saturated rings. The number of hydrogen-bond acceptors (Lipinski definition) is 5. The Morgan fingerprint density at radius 3 is 2.84 bits per heavy atom. The molecule has 6 nitrogen and oxygen atoms in total. The number of rotatable bonds is 6. The van der Waals surface area contributed by atoms with Crippen LogP contribution < -0.4 is 5.32 Å². The van der Waals surface area contributed by atoms with E-state index in [-0.39, 0.29) is 24.0 Å². The lowest BCUT2D eigenvalue weighted by atomic mass is 10.1. The van der Waals surface area contributed by atoms with E-state index in [4.69, 9.17) is 4.42 Å². The minimum Gasteiger partial charge on any atom is -0.416 e. The second kappa shape index (κ2) is 7.26. The van der Waals surface area contributed by atoms with Gasteiger partial charge in [0.1, 0.15) is 5.82 Å². The van der Waals surface area contributed by atoms with Crippen molar-refractivity contribution in [3.63, 3.8) is 0 Å². The van der Waals surface area contributed by atoms with E-state index in [1.165, 1.54) is 23.9 Å². The summed E-state index contributed by atoms with van der Waals surface area (Å²) in [7, 11) is 0. The Hall–Kier alpha value is -2.35. The van der Waals surface area contributed by atoms with E-state index in [9.17, 15) is 9.18 Å². The van der Waals surface area contributed by atoms with Crippen LogP contribution in [0.15, 0.2) is 21.8 Å². The maximum absolute atomic E-state index is 13.9. The summed E-state index contributed by atoms with van der Waals surface area (Å²) in [5, 5.41) is 11.5. The highest BCUT2D eigenvalue weighted by molar-refractivity contribution is 7.99. The molecule has 3 rings (SSSR count). The highest BCUT2D eigenvalue weighted by Gasteiger charge is 2.13. The molecule has 0 atom stereocenters. The zero-order valence-electron chi connectivity index (χ0n) is 14.3. The van der Waals surface area contributed by atoms with Crippen LogP contribution in [0.5, 0.6) is 0 Å². The van der Waals surface area contributed by atoms with Gasteiger partial charge in [-0.15, -0.1) is 10.2 Å². The summed E-state index contributed by atoms with van der Waals surface area (Å²) in [6.07, 6.45) is 0.841. The molecule has 8 heteroatoms. The minimum atomic E-state index is -0.308. The normalized spacial score (nSPS) is 11.2. The fraction of sp³-hybridized carbons (Fsp3) is 0.353. The summed E-state index contributed by atoms with van der Waals surface area (Å²) < 4.78 is 19.1. The van der Waals surface area contributed by atoms with E-state index in [0.717, 1.165) is 34.1 Å². The first-order valence-corrected chi connectivity index (χ1v) is 8.95. The zero-order valence-corrected chi connectivity index (χ0v) is 15.1.